The first-order valence-corrected chi connectivity index (χ1v) is 13.2. The molecule has 37 heavy (non-hydrogen) atoms. The van der Waals surface area contributed by atoms with Crippen molar-refractivity contribution in [2.45, 2.75) is 25.5 Å². The molecule has 0 saturated heterocycles. The second kappa shape index (κ2) is 12.1. The largest absolute Gasteiger partial charge is 0.496 e. The van der Waals surface area contributed by atoms with Crippen LogP contribution in [0.25, 0.3) is 5.69 Å². The smallest absolute Gasteiger partial charge is 0.255 e. The number of anilines is 1. The van der Waals surface area contributed by atoms with Gasteiger partial charge in [-0.2, -0.15) is 0 Å². The zero-order valence-electron chi connectivity index (χ0n) is 20.6. The second-order valence-electron chi connectivity index (χ2n) is 8.25. The minimum atomic E-state index is -0.287. The maximum absolute atomic E-state index is 12.8. The molecule has 4 aromatic rings. The highest BCUT2D eigenvalue weighted by molar-refractivity contribution is 9.10. The molecule has 2 amide bonds. The van der Waals surface area contributed by atoms with Gasteiger partial charge >= 0.3 is 0 Å². The minimum absolute atomic E-state index is 0.134. The number of carbonyl (C=O) groups is 2. The van der Waals surface area contributed by atoms with Crippen LogP contribution in [0.3, 0.4) is 0 Å². The summed E-state index contributed by atoms with van der Waals surface area (Å²) in [6, 6.07) is 20.6. The van der Waals surface area contributed by atoms with E-state index in [0.717, 1.165) is 27.0 Å². The summed E-state index contributed by atoms with van der Waals surface area (Å²) >= 11 is 4.73. The van der Waals surface area contributed by atoms with Crippen LogP contribution in [0, 0.1) is 13.8 Å². The Balaban J connectivity index is 1.52. The molecule has 0 fully saturated rings. The van der Waals surface area contributed by atoms with Gasteiger partial charge in [-0.05, 0) is 67.4 Å². The van der Waals surface area contributed by atoms with Gasteiger partial charge in [0.2, 0.25) is 5.91 Å². The van der Waals surface area contributed by atoms with Gasteiger partial charge in [0.05, 0.1) is 25.0 Å². The molecule has 0 atom stereocenters. The fraction of sp³-hybridized carbons (Fsp3) is 0.185. The lowest BCUT2D eigenvalue weighted by atomic mass is 10.1. The molecule has 0 unspecified atom stereocenters. The van der Waals surface area contributed by atoms with E-state index in [-0.39, 0.29) is 24.1 Å². The third-order valence-corrected chi connectivity index (χ3v) is 7.00. The number of aromatic nitrogens is 3. The Morgan fingerprint density at radius 1 is 1.03 bits per heavy atom. The summed E-state index contributed by atoms with van der Waals surface area (Å²) in [5.41, 5.74) is 4.10. The predicted molar refractivity (Wildman–Crippen MR) is 148 cm³/mol. The highest BCUT2D eigenvalue weighted by atomic mass is 79.9. The summed E-state index contributed by atoms with van der Waals surface area (Å²) in [6.07, 6.45) is 0. The number of aryl methyl sites for hydroxylation is 2. The Kier molecular flexibility index (Phi) is 8.62. The third-order valence-electron chi connectivity index (χ3n) is 5.54. The highest BCUT2D eigenvalue weighted by Gasteiger charge is 2.18. The number of para-hydroxylation sites is 1. The molecule has 3 aromatic carbocycles. The van der Waals surface area contributed by atoms with E-state index in [2.05, 4.69) is 36.8 Å². The Labute approximate surface area is 228 Å². The minimum Gasteiger partial charge on any atom is -0.496 e. The van der Waals surface area contributed by atoms with E-state index in [4.69, 9.17) is 4.74 Å². The van der Waals surface area contributed by atoms with Gasteiger partial charge in [0.15, 0.2) is 11.0 Å². The number of halogens is 1. The van der Waals surface area contributed by atoms with Gasteiger partial charge < -0.3 is 15.4 Å². The van der Waals surface area contributed by atoms with Crippen LogP contribution in [0.15, 0.2) is 76.4 Å². The number of rotatable bonds is 9. The van der Waals surface area contributed by atoms with Gasteiger partial charge in [0.1, 0.15) is 5.75 Å². The second-order valence-corrected chi connectivity index (χ2v) is 10.1. The molecule has 0 aliphatic carbocycles. The van der Waals surface area contributed by atoms with Crippen molar-refractivity contribution in [2.75, 3.05) is 18.2 Å². The van der Waals surface area contributed by atoms with E-state index in [1.807, 2.05) is 60.9 Å². The van der Waals surface area contributed by atoms with Crippen molar-refractivity contribution in [3.63, 3.8) is 0 Å². The van der Waals surface area contributed by atoms with Crippen LogP contribution in [-0.2, 0) is 11.3 Å². The van der Waals surface area contributed by atoms with E-state index in [1.165, 1.54) is 18.9 Å². The van der Waals surface area contributed by atoms with Gasteiger partial charge in [-0.3, -0.25) is 14.2 Å². The number of ether oxygens (including phenoxy) is 1. The summed E-state index contributed by atoms with van der Waals surface area (Å²) in [5.74, 6) is 0.735. The summed E-state index contributed by atoms with van der Waals surface area (Å²) in [4.78, 5) is 25.5. The molecule has 0 saturated carbocycles. The lowest BCUT2D eigenvalue weighted by Gasteiger charge is -2.12. The lowest BCUT2D eigenvalue weighted by Crippen LogP contribution is -2.25. The molecule has 10 heteroatoms. The molecular weight excluding hydrogens is 554 g/mol. The number of hydrogen-bond acceptors (Lipinski definition) is 6. The fourth-order valence-corrected chi connectivity index (χ4v) is 4.67. The zero-order valence-corrected chi connectivity index (χ0v) is 23.0. The average molecular weight is 581 g/mol. The molecule has 0 aliphatic heterocycles. The number of carbonyl (C=O) groups excluding carboxylic acids is 2. The summed E-state index contributed by atoms with van der Waals surface area (Å²) in [6.45, 7) is 4.08. The monoisotopic (exact) mass is 579 g/mol. The van der Waals surface area contributed by atoms with Crippen LogP contribution < -0.4 is 15.4 Å². The third kappa shape index (κ3) is 6.58. The Bertz CT molecular complexity index is 1420. The van der Waals surface area contributed by atoms with Gasteiger partial charge in [0.25, 0.3) is 5.91 Å². The van der Waals surface area contributed by atoms with Gasteiger partial charge in [-0.15, -0.1) is 10.2 Å². The van der Waals surface area contributed by atoms with Crippen LogP contribution in [0.4, 0.5) is 5.69 Å². The van der Waals surface area contributed by atoms with Crippen LogP contribution in [0.2, 0.25) is 0 Å². The van der Waals surface area contributed by atoms with Crippen molar-refractivity contribution in [1.29, 1.82) is 0 Å². The first-order chi connectivity index (χ1) is 17.9. The van der Waals surface area contributed by atoms with Gasteiger partial charge in [-0.25, -0.2) is 0 Å². The summed E-state index contributed by atoms with van der Waals surface area (Å²) in [7, 11) is 1.52. The SMILES string of the molecule is COc1ccccc1C(=O)NCc1nnc(SCC(=O)Nc2cc(C)ccc2C)n1-c1ccc(Br)cc1. The van der Waals surface area contributed by atoms with E-state index in [9.17, 15) is 9.59 Å². The van der Waals surface area contributed by atoms with E-state index in [0.29, 0.717) is 22.3 Å². The molecule has 0 bridgehead atoms. The first-order valence-electron chi connectivity index (χ1n) is 11.5. The maximum Gasteiger partial charge on any atom is 0.255 e. The number of benzene rings is 3. The number of amides is 2. The molecule has 1 heterocycles. The Morgan fingerprint density at radius 2 is 1.78 bits per heavy atom. The standard InChI is InChI=1S/C27H26BrN5O3S/c1-17-8-9-18(2)22(14-17)30-25(34)16-37-27-32-31-24(33(27)20-12-10-19(28)11-13-20)15-29-26(35)21-6-4-5-7-23(21)36-3/h4-14H,15-16H2,1-3H3,(H,29,35)(H,30,34). The van der Waals surface area contributed by atoms with Crippen LogP contribution >= 0.6 is 27.7 Å². The van der Waals surface area contributed by atoms with E-state index in [1.54, 1.807) is 24.3 Å². The molecular formula is C27H26BrN5O3S. The van der Waals surface area contributed by atoms with Crippen LogP contribution in [0.5, 0.6) is 5.75 Å². The molecule has 1 aromatic heterocycles. The van der Waals surface area contributed by atoms with Gasteiger partial charge in [0, 0.05) is 15.8 Å². The zero-order chi connectivity index (χ0) is 26.4. The van der Waals surface area contributed by atoms with Crippen molar-refractivity contribution in [2.24, 2.45) is 0 Å². The van der Waals surface area contributed by atoms with Crippen LogP contribution in [0.1, 0.15) is 27.3 Å². The Morgan fingerprint density at radius 3 is 2.54 bits per heavy atom. The van der Waals surface area contributed by atoms with Crippen molar-refractivity contribution >= 4 is 45.2 Å². The predicted octanol–water partition coefficient (Wildman–Crippen LogP) is 5.32. The number of nitrogens with one attached hydrogen (secondary N) is 2. The number of nitrogens with zero attached hydrogens (tertiary/aromatic N) is 3. The first kappa shape index (κ1) is 26.4. The van der Waals surface area contributed by atoms with Crippen molar-refractivity contribution in [3.8, 4) is 11.4 Å². The van der Waals surface area contributed by atoms with E-state index >= 15 is 0 Å². The van der Waals surface area contributed by atoms with Crippen molar-refractivity contribution in [1.82, 2.24) is 20.1 Å². The topological polar surface area (TPSA) is 98.1 Å². The fourth-order valence-electron chi connectivity index (χ4n) is 3.63. The number of thioether (sulfide) groups is 1. The normalized spacial score (nSPS) is 10.7. The molecule has 0 radical (unpaired) electrons. The molecule has 0 aliphatic rings. The van der Waals surface area contributed by atoms with Gasteiger partial charge in [-0.1, -0.05) is 52.0 Å². The highest BCUT2D eigenvalue weighted by Crippen LogP contribution is 2.25. The molecule has 8 nitrogen and oxygen atoms in total. The average Bonchev–Trinajstić information content (AvgIpc) is 3.31. The maximum atomic E-state index is 12.8. The molecule has 0 spiro atoms. The Hall–Kier alpha value is -3.63. The number of hydrogen-bond donors (Lipinski definition) is 2. The summed E-state index contributed by atoms with van der Waals surface area (Å²) in [5, 5.41) is 15.0. The molecule has 190 valence electrons. The number of methoxy groups -OCH3 is 1. The van der Waals surface area contributed by atoms with Crippen molar-refractivity contribution < 1.29 is 14.3 Å². The lowest BCUT2D eigenvalue weighted by molar-refractivity contribution is -0.113. The quantitative estimate of drug-likeness (QED) is 0.260. The molecule has 4 rings (SSSR count). The van der Waals surface area contributed by atoms with E-state index < -0.39 is 0 Å². The molecule has 2 N–H and O–H groups in total. The van der Waals surface area contributed by atoms with Crippen LogP contribution in [-0.4, -0.2) is 39.4 Å². The summed E-state index contributed by atoms with van der Waals surface area (Å²) < 4.78 is 8.06. The van der Waals surface area contributed by atoms with Crippen molar-refractivity contribution in [3.05, 3.63) is 93.7 Å².